The highest BCUT2D eigenvalue weighted by molar-refractivity contribution is 9.10. The van der Waals surface area contributed by atoms with Crippen LogP contribution in [0.1, 0.15) is 25.7 Å². The van der Waals surface area contributed by atoms with E-state index in [0.717, 1.165) is 12.8 Å². The molecule has 28 heavy (non-hydrogen) atoms. The van der Waals surface area contributed by atoms with Gasteiger partial charge in [0.1, 0.15) is 5.82 Å². The van der Waals surface area contributed by atoms with E-state index < -0.39 is 17.0 Å². The Kier molecular flexibility index (Phi) is 7.69. The van der Waals surface area contributed by atoms with Gasteiger partial charge in [0.15, 0.2) is 5.84 Å². The maximum absolute atomic E-state index is 13.3. The third-order valence-electron chi connectivity index (χ3n) is 5.02. The number of rotatable bonds is 6. The average Bonchev–Trinajstić information content (AvgIpc) is 2.71. The van der Waals surface area contributed by atoms with Gasteiger partial charge in [-0.2, -0.15) is 0 Å². The zero-order chi connectivity index (χ0) is 20.1. The monoisotopic (exact) mass is 475 g/mol. The zero-order valence-electron chi connectivity index (χ0n) is 15.4. The molecule has 1 aromatic carbocycles. The number of nitrogens with two attached hydrogens (primary N) is 1. The van der Waals surface area contributed by atoms with Gasteiger partial charge in [-0.05, 0) is 59.8 Å². The zero-order valence-corrected chi connectivity index (χ0v) is 17.9. The number of Topliss-reactive ketones (excluding diaryl/α,β-unsaturated/α-hetero) is 1. The van der Waals surface area contributed by atoms with Crippen molar-refractivity contribution in [3.05, 3.63) is 28.5 Å². The average molecular weight is 476 g/mol. The lowest BCUT2D eigenvalue weighted by Crippen LogP contribution is -2.47. The molecule has 154 valence electrons. The van der Waals surface area contributed by atoms with Crippen molar-refractivity contribution in [2.45, 2.75) is 31.7 Å². The smallest absolute Gasteiger partial charge is 0.218 e. The van der Waals surface area contributed by atoms with Crippen LogP contribution in [-0.2, 0) is 24.9 Å². The molecule has 2 aliphatic heterocycles. The molecule has 3 N–H and O–H groups in total. The molecule has 1 atom stereocenters. The first kappa shape index (κ1) is 21.5. The predicted octanol–water partition coefficient (Wildman–Crippen LogP) is 2.15. The van der Waals surface area contributed by atoms with Crippen molar-refractivity contribution in [1.29, 1.82) is 0 Å². The van der Waals surface area contributed by atoms with Crippen LogP contribution in [0.2, 0.25) is 0 Å². The molecule has 0 aromatic heterocycles. The number of piperidine rings is 1. The number of halogens is 2. The number of hydrogen-bond acceptors (Lipinski definition) is 4. The lowest BCUT2D eigenvalue weighted by atomic mass is 9.93. The van der Waals surface area contributed by atoms with Crippen molar-refractivity contribution in [1.82, 2.24) is 9.03 Å². The van der Waals surface area contributed by atoms with E-state index in [-0.39, 0.29) is 28.1 Å². The van der Waals surface area contributed by atoms with Crippen LogP contribution in [0.5, 0.6) is 0 Å². The number of amidine groups is 1. The summed E-state index contributed by atoms with van der Waals surface area (Å²) >= 11 is 1.43. The second-order valence-corrected chi connectivity index (χ2v) is 9.20. The largest absolute Gasteiger partial charge is 0.381 e. The lowest BCUT2D eigenvalue weighted by molar-refractivity contribution is -0.117. The molecule has 0 saturated carbocycles. The number of benzene rings is 1. The van der Waals surface area contributed by atoms with Crippen LogP contribution < -0.4 is 10.5 Å². The van der Waals surface area contributed by atoms with Gasteiger partial charge in [-0.25, -0.2) is 9.38 Å². The number of carbonyl (C=O) groups is 1. The fraction of sp³-hybridized carbons (Fsp3) is 0.556. The number of ketones is 1. The normalized spacial score (nSPS) is 21.6. The van der Waals surface area contributed by atoms with Gasteiger partial charge in [0.2, 0.25) is 17.0 Å². The third-order valence-corrected chi connectivity index (χ3v) is 7.13. The molecule has 7 nitrogen and oxygen atoms in total. The summed E-state index contributed by atoms with van der Waals surface area (Å²) in [6.07, 6.45) is 2.89. The molecule has 10 heteroatoms. The third kappa shape index (κ3) is 5.66. The summed E-state index contributed by atoms with van der Waals surface area (Å²) in [5.41, 5.74) is 6.30. The summed E-state index contributed by atoms with van der Waals surface area (Å²) in [6.45, 7) is 2.52. The first-order valence-corrected chi connectivity index (χ1v) is 11.3. The minimum absolute atomic E-state index is 0.0818. The van der Waals surface area contributed by atoms with Gasteiger partial charge in [-0.1, -0.05) is 4.21 Å². The van der Waals surface area contributed by atoms with Gasteiger partial charge in [0, 0.05) is 32.2 Å². The summed E-state index contributed by atoms with van der Waals surface area (Å²) in [5, 5.41) is 0. The number of nitrogens with one attached hydrogen (secondary N) is 1. The Labute approximate surface area is 174 Å². The maximum Gasteiger partial charge on any atom is 0.218 e. The Morgan fingerprint density at radius 2 is 1.96 bits per heavy atom. The van der Waals surface area contributed by atoms with Gasteiger partial charge >= 0.3 is 0 Å². The molecule has 2 aliphatic rings. The maximum atomic E-state index is 13.3. The van der Waals surface area contributed by atoms with Crippen LogP contribution in [0.3, 0.4) is 0 Å². The van der Waals surface area contributed by atoms with Crippen LogP contribution in [-0.4, -0.2) is 48.3 Å². The summed E-state index contributed by atoms with van der Waals surface area (Å²) in [4.78, 5) is 16.7. The number of hydrogen-bond donors (Lipinski definition) is 2. The van der Waals surface area contributed by atoms with Gasteiger partial charge in [0.25, 0.3) is 0 Å². The Balaban J connectivity index is 1.51. The number of carbonyl (C=O) groups excluding carboxylic acids is 1. The standard InChI is InChI=1S/C18H24BrFN4O3S/c19-15-11-14(1-2-16(15)20)22-18(21)17(25)12-3-7-24(8-4-12)28(26)23-13-5-9-27-10-6-13/h1-2,11-13H,3-10H2,(H2,21,22)(H,23,26)/p+1. The Morgan fingerprint density at radius 3 is 2.61 bits per heavy atom. The number of ether oxygens (including phenoxy) is 1. The van der Waals surface area contributed by atoms with E-state index >= 15 is 0 Å². The molecule has 0 spiro atoms. The molecule has 1 unspecified atom stereocenters. The van der Waals surface area contributed by atoms with E-state index in [1.165, 1.54) is 18.2 Å². The van der Waals surface area contributed by atoms with Gasteiger partial charge in [-0.3, -0.25) is 4.79 Å². The molecular weight excluding hydrogens is 451 g/mol. The van der Waals surface area contributed by atoms with E-state index in [4.69, 9.17) is 10.5 Å². The molecule has 0 aliphatic carbocycles. The van der Waals surface area contributed by atoms with E-state index in [2.05, 4.69) is 25.6 Å². The van der Waals surface area contributed by atoms with E-state index in [1.54, 1.807) is 0 Å². The molecule has 2 fully saturated rings. The Hall–Kier alpha value is -1.20. The van der Waals surface area contributed by atoms with Gasteiger partial charge < -0.3 is 10.5 Å². The SMILES string of the molecule is NC(=Nc1ccc(F)c(Br)c1)C(=O)C1CCN([SH+](=O)NC2CCOCC2)CC1. The topological polar surface area (TPSA) is 97.0 Å². The van der Waals surface area contributed by atoms with E-state index in [9.17, 15) is 13.4 Å². The molecule has 0 amide bonds. The summed E-state index contributed by atoms with van der Waals surface area (Å²) in [5.74, 6) is -0.940. The molecule has 1 aromatic rings. The Morgan fingerprint density at radius 1 is 1.29 bits per heavy atom. The predicted molar refractivity (Wildman–Crippen MR) is 111 cm³/mol. The quantitative estimate of drug-likeness (QED) is 0.285. The molecule has 2 saturated heterocycles. The second kappa shape index (κ2) is 10.0. The van der Waals surface area contributed by atoms with Gasteiger partial charge in [0.05, 0.1) is 16.2 Å². The fourth-order valence-corrected chi connectivity index (χ4v) is 5.03. The highest BCUT2D eigenvalue weighted by atomic mass is 79.9. The summed E-state index contributed by atoms with van der Waals surface area (Å²) < 4.78 is 36.5. The fourth-order valence-electron chi connectivity index (χ4n) is 3.33. The molecule has 0 bridgehead atoms. The highest BCUT2D eigenvalue weighted by Crippen LogP contribution is 2.24. The Bertz CT molecular complexity index is 765. The van der Waals surface area contributed by atoms with Crippen LogP contribution >= 0.6 is 15.9 Å². The molecule has 0 radical (unpaired) electrons. The van der Waals surface area contributed by atoms with Crippen molar-refractivity contribution in [3.8, 4) is 0 Å². The first-order chi connectivity index (χ1) is 13.4. The van der Waals surface area contributed by atoms with Crippen LogP contribution in [0.15, 0.2) is 27.7 Å². The van der Waals surface area contributed by atoms with Crippen LogP contribution in [0.25, 0.3) is 0 Å². The van der Waals surface area contributed by atoms with Crippen LogP contribution in [0.4, 0.5) is 10.1 Å². The molecule has 3 rings (SSSR count). The summed E-state index contributed by atoms with van der Waals surface area (Å²) in [7, 11) is 0. The summed E-state index contributed by atoms with van der Waals surface area (Å²) in [6, 6.07) is 4.43. The molecule has 2 heterocycles. The first-order valence-electron chi connectivity index (χ1n) is 9.33. The van der Waals surface area contributed by atoms with Crippen molar-refractivity contribution in [2.24, 2.45) is 16.6 Å². The van der Waals surface area contributed by atoms with Crippen molar-refractivity contribution >= 4 is 44.4 Å². The van der Waals surface area contributed by atoms with Crippen LogP contribution in [0, 0.1) is 11.7 Å². The lowest BCUT2D eigenvalue weighted by Gasteiger charge is -2.28. The van der Waals surface area contributed by atoms with Crippen molar-refractivity contribution < 1.29 is 18.1 Å². The second-order valence-electron chi connectivity index (χ2n) is 6.98. The van der Waals surface area contributed by atoms with Crippen molar-refractivity contribution in [3.63, 3.8) is 0 Å². The van der Waals surface area contributed by atoms with E-state index in [0.29, 0.717) is 44.8 Å². The van der Waals surface area contributed by atoms with Crippen molar-refractivity contribution in [2.75, 3.05) is 26.3 Å². The van der Waals surface area contributed by atoms with E-state index in [1.807, 2.05) is 4.31 Å². The minimum Gasteiger partial charge on any atom is -0.381 e. The number of thiol groups is 1. The minimum atomic E-state index is -1.66. The molecular formula is C18H25BrFN4O3S+. The highest BCUT2D eigenvalue weighted by Gasteiger charge is 2.32. The number of aliphatic imine (C=N–C) groups is 1. The van der Waals surface area contributed by atoms with Gasteiger partial charge in [-0.15, -0.1) is 9.03 Å². The number of nitrogens with zero attached hydrogens (tertiary/aromatic N) is 2.